The summed E-state index contributed by atoms with van der Waals surface area (Å²) in [7, 11) is 0. The lowest BCUT2D eigenvalue weighted by Crippen LogP contribution is -2.46. The Morgan fingerprint density at radius 2 is 2.00 bits per heavy atom. The molecule has 1 atom stereocenters. The Morgan fingerprint density at radius 3 is 2.62 bits per heavy atom. The van der Waals surface area contributed by atoms with Crippen molar-refractivity contribution in [3.63, 3.8) is 0 Å². The number of hydrogen-bond acceptors (Lipinski definition) is 4. The van der Waals surface area contributed by atoms with E-state index in [2.05, 4.69) is 5.32 Å². The first-order chi connectivity index (χ1) is 11.6. The third-order valence-corrected chi connectivity index (χ3v) is 4.86. The lowest BCUT2D eigenvalue weighted by atomic mass is 9.92. The lowest BCUT2D eigenvalue weighted by molar-refractivity contribution is -0.124. The molecule has 2 aliphatic heterocycles. The van der Waals surface area contributed by atoms with Gasteiger partial charge in [0.2, 0.25) is 11.8 Å². The largest absolute Gasteiger partial charge is 0.381 e. The Balaban J connectivity index is 1.50. The van der Waals surface area contributed by atoms with E-state index in [-0.39, 0.29) is 17.7 Å². The lowest BCUT2D eigenvalue weighted by Gasteiger charge is -2.26. The molecule has 2 saturated heterocycles. The van der Waals surface area contributed by atoms with Crippen molar-refractivity contribution < 1.29 is 14.3 Å². The third kappa shape index (κ3) is 3.94. The zero-order chi connectivity index (χ0) is 16.9. The molecule has 130 valence electrons. The van der Waals surface area contributed by atoms with Crippen LogP contribution < -0.4 is 16.0 Å². The van der Waals surface area contributed by atoms with Crippen molar-refractivity contribution in [2.24, 2.45) is 11.7 Å². The van der Waals surface area contributed by atoms with E-state index in [1.165, 1.54) is 0 Å². The Morgan fingerprint density at radius 1 is 1.29 bits per heavy atom. The van der Waals surface area contributed by atoms with Crippen molar-refractivity contribution in [3.05, 3.63) is 29.8 Å². The Kier molecular flexibility index (Phi) is 5.48. The molecular weight excluding hydrogens is 306 g/mol. The molecule has 3 rings (SSSR count). The molecule has 0 aliphatic carbocycles. The maximum absolute atomic E-state index is 12.2. The topological polar surface area (TPSA) is 84.7 Å². The number of nitrogens with zero attached hydrogens (tertiary/aromatic N) is 1. The van der Waals surface area contributed by atoms with E-state index in [1.807, 2.05) is 29.2 Å². The van der Waals surface area contributed by atoms with Crippen molar-refractivity contribution in [1.29, 1.82) is 0 Å². The molecule has 2 fully saturated rings. The first-order valence-corrected chi connectivity index (χ1v) is 8.65. The van der Waals surface area contributed by atoms with Gasteiger partial charge < -0.3 is 20.7 Å². The average Bonchev–Trinajstić information content (AvgIpc) is 3.06. The molecule has 6 heteroatoms. The predicted molar refractivity (Wildman–Crippen MR) is 91.4 cm³/mol. The quantitative estimate of drug-likeness (QED) is 0.848. The van der Waals surface area contributed by atoms with Crippen LogP contribution in [0.15, 0.2) is 24.3 Å². The summed E-state index contributed by atoms with van der Waals surface area (Å²) in [5.74, 6) is 0.265. The minimum atomic E-state index is -0.476. The highest BCUT2D eigenvalue weighted by Crippen LogP contribution is 2.22. The van der Waals surface area contributed by atoms with Gasteiger partial charge in [-0.2, -0.15) is 0 Å². The average molecular weight is 331 g/mol. The normalized spacial score (nSPS) is 20.2. The van der Waals surface area contributed by atoms with Crippen LogP contribution in [0.1, 0.15) is 31.2 Å². The van der Waals surface area contributed by atoms with E-state index < -0.39 is 6.04 Å². The van der Waals surface area contributed by atoms with Crippen LogP contribution in [-0.4, -0.2) is 37.6 Å². The minimum absolute atomic E-state index is 0.110. The molecule has 1 unspecified atom stereocenters. The molecule has 2 amide bonds. The summed E-state index contributed by atoms with van der Waals surface area (Å²) in [6.45, 7) is 2.60. The summed E-state index contributed by atoms with van der Waals surface area (Å²) in [6.07, 6.45) is 3.23. The van der Waals surface area contributed by atoms with Crippen molar-refractivity contribution >= 4 is 17.5 Å². The fourth-order valence-electron chi connectivity index (χ4n) is 3.31. The predicted octanol–water partition coefficient (Wildman–Crippen LogP) is 1.18. The number of rotatable bonds is 5. The molecule has 0 bridgehead atoms. The van der Waals surface area contributed by atoms with Crippen LogP contribution in [0.3, 0.4) is 0 Å². The maximum atomic E-state index is 12.2. The number of amides is 2. The summed E-state index contributed by atoms with van der Waals surface area (Å²) in [5, 5.41) is 2.91. The number of carbonyl (C=O) groups excluding carboxylic acids is 2. The molecule has 24 heavy (non-hydrogen) atoms. The summed E-state index contributed by atoms with van der Waals surface area (Å²) in [4.78, 5) is 25.8. The SMILES string of the molecule is NC(C(=O)NCc1ccc(N2CCCC2=O)cc1)C1CCOCC1. The van der Waals surface area contributed by atoms with Crippen LogP contribution in [-0.2, 0) is 20.9 Å². The van der Waals surface area contributed by atoms with Gasteiger partial charge in [-0.1, -0.05) is 12.1 Å². The third-order valence-electron chi connectivity index (χ3n) is 4.86. The zero-order valence-electron chi connectivity index (χ0n) is 13.9. The van der Waals surface area contributed by atoms with Crippen LogP contribution in [0.5, 0.6) is 0 Å². The van der Waals surface area contributed by atoms with Crippen LogP contribution in [0.2, 0.25) is 0 Å². The minimum Gasteiger partial charge on any atom is -0.381 e. The number of nitrogens with two attached hydrogens (primary N) is 1. The van der Waals surface area contributed by atoms with Gasteiger partial charge >= 0.3 is 0 Å². The molecule has 0 aromatic heterocycles. The molecule has 6 nitrogen and oxygen atoms in total. The van der Waals surface area contributed by atoms with E-state index >= 15 is 0 Å². The van der Waals surface area contributed by atoms with Crippen molar-refractivity contribution in [3.8, 4) is 0 Å². The van der Waals surface area contributed by atoms with Gasteiger partial charge in [-0.15, -0.1) is 0 Å². The maximum Gasteiger partial charge on any atom is 0.237 e. The smallest absolute Gasteiger partial charge is 0.237 e. The van der Waals surface area contributed by atoms with Gasteiger partial charge in [0.1, 0.15) is 0 Å². The van der Waals surface area contributed by atoms with Gasteiger partial charge in [0, 0.05) is 38.4 Å². The fraction of sp³-hybridized carbons (Fsp3) is 0.556. The number of ether oxygens (including phenoxy) is 1. The summed E-state index contributed by atoms with van der Waals surface area (Å²) in [5.41, 5.74) is 7.99. The molecule has 0 radical (unpaired) electrons. The second kappa shape index (κ2) is 7.77. The van der Waals surface area contributed by atoms with Crippen molar-refractivity contribution in [2.75, 3.05) is 24.7 Å². The molecule has 2 heterocycles. The van der Waals surface area contributed by atoms with E-state index in [0.717, 1.165) is 37.1 Å². The Bertz CT molecular complexity index is 582. The number of carbonyl (C=O) groups is 2. The van der Waals surface area contributed by atoms with Gasteiger partial charge in [0.25, 0.3) is 0 Å². The summed E-state index contributed by atoms with van der Waals surface area (Å²) >= 11 is 0. The first-order valence-electron chi connectivity index (χ1n) is 8.65. The number of nitrogens with one attached hydrogen (secondary N) is 1. The summed E-state index contributed by atoms with van der Waals surface area (Å²) in [6, 6.07) is 7.28. The summed E-state index contributed by atoms with van der Waals surface area (Å²) < 4.78 is 5.30. The van der Waals surface area contributed by atoms with E-state index in [4.69, 9.17) is 10.5 Å². The van der Waals surface area contributed by atoms with Gasteiger partial charge in [-0.3, -0.25) is 9.59 Å². The Labute approximate surface area is 142 Å². The number of hydrogen-bond donors (Lipinski definition) is 2. The number of anilines is 1. The fourth-order valence-corrected chi connectivity index (χ4v) is 3.31. The van der Waals surface area contributed by atoms with Crippen LogP contribution >= 0.6 is 0 Å². The molecule has 0 saturated carbocycles. The monoisotopic (exact) mass is 331 g/mol. The zero-order valence-corrected chi connectivity index (χ0v) is 13.9. The van der Waals surface area contributed by atoms with Crippen LogP contribution in [0, 0.1) is 5.92 Å². The second-order valence-electron chi connectivity index (χ2n) is 6.51. The molecule has 1 aromatic rings. The van der Waals surface area contributed by atoms with E-state index in [0.29, 0.717) is 26.2 Å². The second-order valence-corrected chi connectivity index (χ2v) is 6.51. The molecule has 3 N–H and O–H groups in total. The highest BCUT2D eigenvalue weighted by Gasteiger charge is 2.26. The van der Waals surface area contributed by atoms with Gasteiger partial charge in [0.05, 0.1) is 6.04 Å². The molecule has 2 aliphatic rings. The van der Waals surface area contributed by atoms with Crippen LogP contribution in [0.4, 0.5) is 5.69 Å². The number of benzene rings is 1. The molecule has 1 aromatic carbocycles. The van der Waals surface area contributed by atoms with Gasteiger partial charge in [-0.05, 0) is 42.9 Å². The van der Waals surface area contributed by atoms with Crippen molar-refractivity contribution in [1.82, 2.24) is 5.32 Å². The van der Waals surface area contributed by atoms with Crippen LogP contribution in [0.25, 0.3) is 0 Å². The standard InChI is InChI=1S/C18H25N3O3/c19-17(14-7-10-24-11-8-14)18(23)20-12-13-3-5-15(6-4-13)21-9-1-2-16(21)22/h3-6,14,17H,1-2,7-12,19H2,(H,20,23). The van der Waals surface area contributed by atoms with Gasteiger partial charge in [-0.25, -0.2) is 0 Å². The Hall–Kier alpha value is -1.92. The molecule has 0 spiro atoms. The highest BCUT2D eigenvalue weighted by molar-refractivity contribution is 5.95. The molecular formula is C18H25N3O3. The van der Waals surface area contributed by atoms with E-state index in [1.54, 1.807) is 0 Å². The van der Waals surface area contributed by atoms with Crippen molar-refractivity contribution in [2.45, 2.75) is 38.3 Å². The van der Waals surface area contributed by atoms with E-state index in [9.17, 15) is 9.59 Å². The van der Waals surface area contributed by atoms with Gasteiger partial charge in [0.15, 0.2) is 0 Å². The first kappa shape index (κ1) is 16.9. The highest BCUT2D eigenvalue weighted by atomic mass is 16.5.